The monoisotopic (exact) mass is 358 g/mol. The first kappa shape index (κ1) is 16.3. The van der Waals surface area contributed by atoms with Gasteiger partial charge in [0.2, 0.25) is 0 Å². The van der Waals surface area contributed by atoms with Crippen molar-refractivity contribution in [1.29, 1.82) is 0 Å². The zero-order chi connectivity index (χ0) is 17.1. The number of hydrogen-bond acceptors (Lipinski definition) is 7. The van der Waals surface area contributed by atoms with Gasteiger partial charge in [-0.2, -0.15) is 0 Å². The first-order valence-corrected chi connectivity index (χ1v) is 8.69. The highest BCUT2D eigenvalue weighted by Crippen LogP contribution is 2.29. The van der Waals surface area contributed by atoms with Gasteiger partial charge in [0, 0.05) is 28.6 Å². The van der Waals surface area contributed by atoms with Gasteiger partial charge < -0.3 is 5.11 Å². The summed E-state index contributed by atoms with van der Waals surface area (Å²) in [5.74, 6) is -0.283. The maximum absolute atomic E-state index is 11.7. The van der Waals surface area contributed by atoms with Crippen molar-refractivity contribution in [1.82, 2.24) is 4.98 Å². The fourth-order valence-corrected chi connectivity index (χ4v) is 3.65. The van der Waals surface area contributed by atoms with E-state index < -0.39 is 4.92 Å². The minimum absolute atomic E-state index is 0.117. The third-order valence-electron chi connectivity index (χ3n) is 3.21. The molecule has 0 aliphatic carbocycles. The Balaban J connectivity index is 1.72. The standard InChI is InChI=1S/C16H13N3O3S2/c1-10-18-14(9-23-10)16-5-3-13(24-16)8-17-7-11-6-12(19(21)22)2-4-15(11)20/h2-7,9,20H,8H2,1H3/p-1. The van der Waals surface area contributed by atoms with E-state index in [1.165, 1.54) is 24.4 Å². The summed E-state index contributed by atoms with van der Waals surface area (Å²) in [6.07, 6.45) is 1.39. The molecular weight excluding hydrogens is 346 g/mol. The number of rotatable bonds is 5. The number of nitro benzene ring substituents is 1. The third-order valence-corrected chi connectivity index (χ3v) is 5.08. The molecule has 0 amide bonds. The second-order valence-corrected chi connectivity index (χ2v) is 7.20. The number of thiophene rings is 1. The fraction of sp³-hybridized carbons (Fsp3) is 0.125. The molecule has 0 fully saturated rings. The van der Waals surface area contributed by atoms with E-state index in [0.29, 0.717) is 6.54 Å². The third kappa shape index (κ3) is 3.66. The van der Waals surface area contributed by atoms with Gasteiger partial charge in [-0.15, -0.1) is 22.7 Å². The Morgan fingerprint density at radius 1 is 1.33 bits per heavy atom. The summed E-state index contributed by atoms with van der Waals surface area (Å²) >= 11 is 3.20. The average molecular weight is 358 g/mol. The quantitative estimate of drug-likeness (QED) is 0.394. The molecule has 0 radical (unpaired) electrons. The second kappa shape index (κ2) is 6.90. The Labute approximate surface area is 145 Å². The van der Waals surface area contributed by atoms with Crippen molar-refractivity contribution in [3.8, 4) is 16.3 Å². The second-order valence-electron chi connectivity index (χ2n) is 4.97. The summed E-state index contributed by atoms with van der Waals surface area (Å²) in [5, 5.41) is 25.5. The molecule has 0 aliphatic heterocycles. The van der Waals surface area contributed by atoms with Crippen LogP contribution in [-0.4, -0.2) is 16.1 Å². The Kier molecular flexibility index (Phi) is 4.68. The van der Waals surface area contributed by atoms with Gasteiger partial charge >= 0.3 is 0 Å². The molecule has 0 unspecified atom stereocenters. The molecule has 3 rings (SSSR count). The molecule has 0 bridgehead atoms. The van der Waals surface area contributed by atoms with Crippen molar-refractivity contribution in [2.24, 2.45) is 4.99 Å². The van der Waals surface area contributed by atoms with Crippen molar-refractivity contribution >= 4 is 34.6 Å². The van der Waals surface area contributed by atoms with E-state index in [-0.39, 0.29) is 17.0 Å². The molecule has 6 nitrogen and oxygen atoms in total. The molecule has 2 heterocycles. The zero-order valence-electron chi connectivity index (χ0n) is 12.6. The van der Waals surface area contributed by atoms with Gasteiger partial charge in [-0.25, -0.2) is 4.98 Å². The topological polar surface area (TPSA) is 91.5 Å². The van der Waals surface area contributed by atoms with Crippen LogP contribution in [-0.2, 0) is 6.54 Å². The van der Waals surface area contributed by atoms with Gasteiger partial charge in [-0.1, -0.05) is 11.8 Å². The van der Waals surface area contributed by atoms with Gasteiger partial charge in [0.05, 0.1) is 27.0 Å². The lowest BCUT2D eigenvalue weighted by Crippen LogP contribution is -1.98. The molecule has 0 spiro atoms. The highest BCUT2D eigenvalue weighted by atomic mass is 32.1. The van der Waals surface area contributed by atoms with E-state index in [1.807, 2.05) is 24.4 Å². The minimum atomic E-state index is -0.530. The number of nitro groups is 1. The summed E-state index contributed by atoms with van der Waals surface area (Å²) in [6, 6.07) is 7.59. The predicted octanol–water partition coefficient (Wildman–Crippen LogP) is 3.78. The van der Waals surface area contributed by atoms with Crippen LogP contribution >= 0.6 is 22.7 Å². The van der Waals surface area contributed by atoms with Crippen LogP contribution in [0.15, 0.2) is 40.7 Å². The predicted molar refractivity (Wildman–Crippen MR) is 94.0 cm³/mol. The highest BCUT2D eigenvalue weighted by Gasteiger charge is 2.07. The van der Waals surface area contributed by atoms with Gasteiger partial charge in [0.1, 0.15) is 0 Å². The Morgan fingerprint density at radius 2 is 2.17 bits per heavy atom. The number of nitrogens with zero attached hydrogens (tertiary/aromatic N) is 3. The molecule has 0 saturated heterocycles. The zero-order valence-corrected chi connectivity index (χ0v) is 14.3. The first-order valence-electron chi connectivity index (χ1n) is 6.99. The van der Waals surface area contributed by atoms with Crippen LogP contribution in [0.3, 0.4) is 0 Å². The van der Waals surface area contributed by atoms with Crippen molar-refractivity contribution in [2.45, 2.75) is 13.5 Å². The summed E-state index contributed by atoms with van der Waals surface area (Å²) in [6.45, 7) is 2.38. The normalized spacial score (nSPS) is 11.2. The van der Waals surface area contributed by atoms with E-state index in [0.717, 1.165) is 20.5 Å². The lowest BCUT2D eigenvalue weighted by molar-refractivity contribution is -0.385. The van der Waals surface area contributed by atoms with E-state index in [9.17, 15) is 15.2 Å². The molecule has 2 aromatic heterocycles. The average Bonchev–Trinajstić information content (AvgIpc) is 3.18. The van der Waals surface area contributed by atoms with Crippen LogP contribution in [0.2, 0.25) is 0 Å². The van der Waals surface area contributed by atoms with Crippen LogP contribution < -0.4 is 5.11 Å². The number of non-ortho nitro benzene ring substituents is 1. The smallest absolute Gasteiger partial charge is 0.270 e. The molecule has 3 aromatic rings. The lowest BCUT2D eigenvalue weighted by atomic mass is 10.2. The molecule has 0 atom stereocenters. The van der Waals surface area contributed by atoms with Crippen molar-refractivity contribution in [2.75, 3.05) is 0 Å². The molecule has 0 N–H and O–H groups in total. The van der Waals surface area contributed by atoms with Gasteiger partial charge in [-0.05, 0) is 24.6 Å². The summed E-state index contributed by atoms with van der Waals surface area (Å²) in [5.41, 5.74) is 1.06. The van der Waals surface area contributed by atoms with Crippen LogP contribution in [0.25, 0.3) is 10.6 Å². The van der Waals surface area contributed by atoms with Crippen LogP contribution in [0, 0.1) is 17.0 Å². The Morgan fingerprint density at radius 3 is 2.88 bits per heavy atom. The van der Waals surface area contributed by atoms with Crippen molar-refractivity contribution in [3.63, 3.8) is 0 Å². The van der Waals surface area contributed by atoms with Crippen molar-refractivity contribution in [3.05, 3.63) is 61.3 Å². The van der Waals surface area contributed by atoms with Crippen LogP contribution in [0.5, 0.6) is 5.75 Å². The van der Waals surface area contributed by atoms with E-state index >= 15 is 0 Å². The minimum Gasteiger partial charge on any atom is -0.872 e. The van der Waals surface area contributed by atoms with Crippen molar-refractivity contribution < 1.29 is 10.0 Å². The van der Waals surface area contributed by atoms with Gasteiger partial charge in [0.25, 0.3) is 5.69 Å². The maximum atomic E-state index is 11.7. The largest absolute Gasteiger partial charge is 0.872 e. The summed E-state index contributed by atoms with van der Waals surface area (Å²) in [7, 11) is 0. The number of aromatic nitrogens is 1. The number of aryl methyl sites for hydroxylation is 1. The maximum Gasteiger partial charge on any atom is 0.270 e. The number of benzene rings is 1. The number of aliphatic imine (C=N–C) groups is 1. The molecule has 24 heavy (non-hydrogen) atoms. The van der Waals surface area contributed by atoms with Gasteiger partial charge in [-0.3, -0.25) is 15.1 Å². The number of thiazole rings is 1. The molecule has 122 valence electrons. The SMILES string of the molecule is Cc1nc(-c2ccc(CN=Cc3cc([N+](=O)[O-])ccc3[O-])s2)cs1. The van der Waals surface area contributed by atoms with E-state index in [2.05, 4.69) is 9.98 Å². The van der Waals surface area contributed by atoms with Crippen LogP contribution in [0.1, 0.15) is 15.4 Å². The Hall–Kier alpha value is -2.58. The van der Waals surface area contributed by atoms with E-state index in [1.54, 1.807) is 22.7 Å². The lowest BCUT2D eigenvalue weighted by Gasteiger charge is -2.08. The van der Waals surface area contributed by atoms with Gasteiger partial charge in [0.15, 0.2) is 0 Å². The molecule has 8 heteroatoms. The van der Waals surface area contributed by atoms with Crippen LogP contribution in [0.4, 0.5) is 5.69 Å². The fourth-order valence-electron chi connectivity index (χ4n) is 2.06. The molecule has 0 saturated carbocycles. The molecular formula is C16H12N3O3S2-. The summed E-state index contributed by atoms with van der Waals surface area (Å²) in [4.78, 5) is 21.0. The van der Waals surface area contributed by atoms with E-state index in [4.69, 9.17) is 0 Å². The Bertz CT molecular complexity index is 915. The highest BCUT2D eigenvalue weighted by molar-refractivity contribution is 7.16. The number of hydrogen-bond donors (Lipinski definition) is 0. The first-order chi connectivity index (χ1) is 11.5. The summed E-state index contributed by atoms with van der Waals surface area (Å²) < 4.78 is 0. The molecule has 1 aromatic carbocycles. The molecule has 0 aliphatic rings.